The van der Waals surface area contributed by atoms with E-state index in [9.17, 15) is 0 Å². The van der Waals surface area contributed by atoms with Gasteiger partial charge in [0.1, 0.15) is 11.6 Å². The minimum atomic E-state index is 0. The molecule has 2 saturated heterocycles. The highest BCUT2D eigenvalue weighted by Gasteiger charge is 2.46. The summed E-state index contributed by atoms with van der Waals surface area (Å²) in [7, 11) is 0. The number of rotatable bonds is 4. The van der Waals surface area contributed by atoms with Crippen molar-refractivity contribution in [2.75, 3.05) is 29.4 Å². The topological polar surface area (TPSA) is 145 Å². The summed E-state index contributed by atoms with van der Waals surface area (Å²) in [4.78, 5) is 14.5. The largest absolute Gasteiger partial charge is 0.355 e. The fourth-order valence-electron chi connectivity index (χ4n) is 6.96. The van der Waals surface area contributed by atoms with Crippen molar-refractivity contribution < 1.29 is 18.5 Å². The van der Waals surface area contributed by atoms with E-state index in [2.05, 4.69) is 234 Å². The van der Waals surface area contributed by atoms with E-state index in [4.69, 9.17) is 27.7 Å². The molecular formula is C54H64N10. The molecule has 5 N–H and O–H groups in total. The lowest BCUT2D eigenvalue weighted by Gasteiger charge is -2.42. The van der Waals surface area contributed by atoms with Gasteiger partial charge >= 0.3 is 0 Å². The molecule has 10 heteroatoms. The number of aromatic nitrogens is 2. The van der Waals surface area contributed by atoms with E-state index in [1.807, 2.05) is 12.4 Å². The van der Waals surface area contributed by atoms with Crippen LogP contribution in [0.25, 0.3) is 0 Å². The number of anilines is 2. The van der Waals surface area contributed by atoms with E-state index in [1.165, 1.54) is 29.5 Å². The number of nitrogens with one attached hydrogen (secondary N) is 1. The molecule has 10 nitrogen and oxygen atoms in total. The predicted molar refractivity (Wildman–Crippen MR) is 278 cm³/mol. The summed E-state index contributed by atoms with van der Waals surface area (Å²) >= 11 is 0. The molecule has 330 valence electrons. The van der Waals surface area contributed by atoms with Crippen LogP contribution in [0.3, 0.4) is 0 Å². The molecule has 3 aliphatic rings. The number of hydrogen-bond donors (Lipinski definition) is 3. The lowest BCUT2D eigenvalue weighted by molar-refractivity contribution is 0.187. The zero-order chi connectivity index (χ0) is 45.3. The van der Waals surface area contributed by atoms with Crippen molar-refractivity contribution in [3.63, 3.8) is 0 Å². The van der Waals surface area contributed by atoms with Crippen LogP contribution in [0.5, 0.6) is 0 Å². The summed E-state index contributed by atoms with van der Waals surface area (Å²) in [5.74, 6) is 68.3. The lowest BCUT2D eigenvalue weighted by atomic mass is 9.73. The number of piperidine rings is 1. The number of benzene rings is 2. The first-order valence-corrected chi connectivity index (χ1v) is 19.6. The Hall–Kier alpha value is -9.64. The maximum Gasteiger partial charge on any atom is 0.147 e. The molecule has 3 aromatic rings. The van der Waals surface area contributed by atoms with E-state index < -0.39 is 0 Å². The Kier molecular flexibility index (Phi) is 20.5. The van der Waals surface area contributed by atoms with Crippen molar-refractivity contribution >= 4 is 11.6 Å². The molecule has 0 amide bonds. The van der Waals surface area contributed by atoms with Crippen molar-refractivity contribution in [2.24, 2.45) is 32.7 Å². The van der Waals surface area contributed by atoms with Gasteiger partial charge in [0, 0.05) is 91.6 Å². The Morgan fingerprint density at radius 2 is 1.16 bits per heavy atom. The normalized spacial score (nSPS) is 14.4. The van der Waals surface area contributed by atoms with Gasteiger partial charge in [-0.3, -0.25) is 0 Å². The van der Waals surface area contributed by atoms with Gasteiger partial charge in [0.05, 0.1) is 18.4 Å². The predicted octanol–water partition coefficient (Wildman–Crippen LogP) is 8.80. The number of nitrogens with two attached hydrogens (primary N) is 2. The Balaban J connectivity index is -0.000000117. The maximum absolute atomic E-state index is 6.74. The van der Waals surface area contributed by atoms with Crippen molar-refractivity contribution in [1.29, 1.82) is 5.53 Å². The number of fused-ring (bicyclic) bond motifs is 1. The number of nitrogens with zero attached hydrogens (tertiary/aromatic N) is 7. The maximum atomic E-state index is 6.74. The molecule has 2 fully saturated rings. The summed E-state index contributed by atoms with van der Waals surface area (Å²) in [6, 6.07) is 20.0. The fraction of sp³-hybridized carbons (Fsp3) is 0.222. The minimum Gasteiger partial charge on any atom is -0.355 e. The molecule has 0 radical (unpaired) electrons. The zero-order valence-electron chi connectivity index (χ0n) is 35.0. The van der Waals surface area contributed by atoms with Crippen LogP contribution in [0.4, 0.5) is 11.6 Å². The van der Waals surface area contributed by atoms with Crippen molar-refractivity contribution in [3.8, 4) is 154 Å². The summed E-state index contributed by atoms with van der Waals surface area (Å²) in [6.45, 7) is 4.72. The molecule has 0 unspecified atom stereocenters. The van der Waals surface area contributed by atoms with Gasteiger partial charge in [-0.2, -0.15) is 5.53 Å². The molecule has 0 saturated carbocycles. The molecule has 3 heterocycles. The highest BCUT2D eigenvalue weighted by Crippen LogP contribution is 2.51. The van der Waals surface area contributed by atoms with Crippen molar-refractivity contribution in [1.82, 2.24) is 9.97 Å². The van der Waals surface area contributed by atoms with E-state index in [0.717, 1.165) is 50.5 Å². The van der Waals surface area contributed by atoms with E-state index in [-0.39, 0.29) is 30.0 Å². The standard InChI is InChI=1S/C27H31N5.C27H4.H3N5.13H2/c28-26-22-10-5-4-9-21(22)17-27(26)12-15-31(16-13-27)24-18-30-25(19-29-24)32-14-6-11-23(32)20-7-2-1-3-8-20;1-3-5-7-9-11-13-15-17-19-21-23-25-27-26-24-22-20-18-16-14-12-10-8-6-4-2;1-3-5-4-2;;;;;;;;;;;;;/h1-5,7-10,18-19,23,26H,6,11-17,28H2;1H,2H3;(H3,1,2,5);13*1H/t23-,26+;;;;;;;;;;;;;;;/m0.............../s1. The lowest BCUT2D eigenvalue weighted by Crippen LogP contribution is -2.44. The number of hydrogen-bond acceptors (Lipinski definition) is 7. The Morgan fingerprint density at radius 1 is 0.672 bits per heavy atom. The van der Waals surface area contributed by atoms with Crippen LogP contribution >= 0.6 is 0 Å². The van der Waals surface area contributed by atoms with Crippen LogP contribution in [0.1, 0.15) is 79.9 Å². The molecule has 1 aliphatic carbocycles. The molecule has 6 rings (SSSR count). The van der Waals surface area contributed by atoms with E-state index in [1.54, 1.807) is 6.92 Å². The third-order valence-corrected chi connectivity index (χ3v) is 9.70. The molecule has 2 atom stereocenters. The van der Waals surface area contributed by atoms with Gasteiger partial charge < -0.3 is 21.4 Å². The highest BCUT2D eigenvalue weighted by molar-refractivity contribution is 5.50. The first-order valence-electron chi connectivity index (χ1n) is 19.6. The molecular weight excluding hydrogens is 789 g/mol. The molecule has 2 aromatic carbocycles. The van der Waals surface area contributed by atoms with Crippen LogP contribution < -0.4 is 21.4 Å². The zero-order valence-corrected chi connectivity index (χ0v) is 35.0. The van der Waals surface area contributed by atoms with Crippen molar-refractivity contribution in [2.45, 2.75) is 51.1 Å². The fourth-order valence-corrected chi connectivity index (χ4v) is 6.96. The summed E-state index contributed by atoms with van der Waals surface area (Å²) < 4.78 is 0. The van der Waals surface area contributed by atoms with Gasteiger partial charge in [0.15, 0.2) is 0 Å². The third kappa shape index (κ3) is 15.5. The smallest absolute Gasteiger partial charge is 0.147 e. The average Bonchev–Trinajstić information content (AvgIpc) is 3.93. The van der Waals surface area contributed by atoms with Gasteiger partial charge in [-0.05, 0) is 166 Å². The first-order chi connectivity index (χ1) is 31.6. The van der Waals surface area contributed by atoms with Gasteiger partial charge in [0.25, 0.3) is 0 Å². The van der Waals surface area contributed by atoms with Gasteiger partial charge in [-0.1, -0.05) is 65.7 Å². The summed E-state index contributed by atoms with van der Waals surface area (Å²) in [5.41, 5.74) is 17.0. The average molecular weight is 853 g/mol. The summed E-state index contributed by atoms with van der Waals surface area (Å²) in [6.07, 6.45) is 14.5. The van der Waals surface area contributed by atoms with Gasteiger partial charge in [-0.15, -0.1) is 6.42 Å². The second-order valence-electron chi connectivity index (χ2n) is 13.3. The highest BCUT2D eigenvalue weighted by atomic mass is 15.5. The monoisotopic (exact) mass is 853 g/mol. The van der Waals surface area contributed by atoms with Gasteiger partial charge in [-0.25, -0.2) is 9.97 Å². The second kappa shape index (κ2) is 27.9. The molecule has 1 aromatic heterocycles. The number of terminal acetylenes is 1. The Bertz CT molecular complexity index is 3060. The Labute approximate surface area is 396 Å². The van der Waals surface area contributed by atoms with Crippen molar-refractivity contribution in [3.05, 3.63) is 83.7 Å². The summed E-state index contributed by atoms with van der Waals surface area (Å²) in [5, 5.41) is 7.73. The van der Waals surface area contributed by atoms with Crippen LogP contribution in [0.2, 0.25) is 0 Å². The quantitative estimate of drug-likeness (QED) is 0.104. The molecule has 2 aliphatic heterocycles. The molecule has 0 bridgehead atoms. The second-order valence-corrected chi connectivity index (χ2v) is 13.3. The van der Waals surface area contributed by atoms with Crippen LogP contribution in [0.15, 0.2) is 82.7 Å². The Morgan fingerprint density at radius 3 is 1.61 bits per heavy atom. The third-order valence-electron chi connectivity index (χ3n) is 9.70. The first kappa shape index (κ1) is 47.0. The van der Waals surface area contributed by atoms with Crippen LogP contribution in [0, 0.1) is 165 Å². The van der Waals surface area contributed by atoms with Crippen LogP contribution in [-0.2, 0) is 6.42 Å². The SMILES string of the molecule is C#CC#CC#CC#CC#CC#CC#CC#CC#CC#CC#CC#CC#CC.N=N/N=N/N.N[C@@H]1c2ccccc2CC12CCN(c1cnc(N3CCC[C@H]3c3ccccc3)cn1)CC2.[HH].[HH].[HH].[HH].[HH].[HH].[HH].[HH].[HH].[HH].[HH].[HH].[HH]. The van der Waals surface area contributed by atoms with E-state index >= 15 is 0 Å². The molecule has 1 spiro atoms. The van der Waals surface area contributed by atoms with Crippen LogP contribution in [-0.4, -0.2) is 29.6 Å². The minimum absolute atomic E-state index is 0. The van der Waals surface area contributed by atoms with E-state index in [0.29, 0.717) is 6.04 Å². The van der Waals surface area contributed by atoms with Gasteiger partial charge in [0.2, 0.25) is 0 Å². The molecule has 64 heavy (non-hydrogen) atoms.